The zero-order valence-electron chi connectivity index (χ0n) is 14.7. The standard InChI is InChI=1S/C20H13BrF2N2O3S/c21-13-8-16(29-10-13)19-24(9-17(26)25(19)28)20(27)18-14(22)6-12(7-15(18)23)11-4-2-1-3-5-11/h1-8,10,19,28H,9H2. The van der Waals surface area contributed by atoms with Crippen LogP contribution in [0.15, 0.2) is 58.4 Å². The molecule has 0 bridgehead atoms. The Bertz CT molecular complexity index is 1080. The van der Waals surface area contributed by atoms with Crippen LogP contribution < -0.4 is 0 Å². The van der Waals surface area contributed by atoms with Gasteiger partial charge in [0.05, 0.1) is 4.88 Å². The van der Waals surface area contributed by atoms with Crippen LogP contribution in [0.1, 0.15) is 21.4 Å². The molecule has 2 heterocycles. The van der Waals surface area contributed by atoms with E-state index in [1.807, 2.05) is 0 Å². The monoisotopic (exact) mass is 478 g/mol. The van der Waals surface area contributed by atoms with Gasteiger partial charge in [0, 0.05) is 9.85 Å². The zero-order chi connectivity index (χ0) is 20.7. The minimum atomic E-state index is -1.15. The maximum Gasteiger partial charge on any atom is 0.268 e. The van der Waals surface area contributed by atoms with Crippen LogP contribution in [0.25, 0.3) is 11.1 Å². The molecule has 9 heteroatoms. The van der Waals surface area contributed by atoms with Gasteiger partial charge in [0.2, 0.25) is 0 Å². The van der Waals surface area contributed by atoms with E-state index in [4.69, 9.17) is 0 Å². The van der Waals surface area contributed by atoms with Crippen LogP contribution in [-0.2, 0) is 4.79 Å². The van der Waals surface area contributed by atoms with Crippen LogP contribution >= 0.6 is 27.3 Å². The third-order valence-electron chi connectivity index (χ3n) is 4.55. The number of hydrogen-bond acceptors (Lipinski definition) is 4. The van der Waals surface area contributed by atoms with Crippen molar-refractivity contribution in [3.8, 4) is 11.1 Å². The Morgan fingerprint density at radius 1 is 1.10 bits per heavy atom. The molecule has 0 radical (unpaired) electrons. The second-order valence-corrected chi connectivity index (χ2v) is 8.25. The highest BCUT2D eigenvalue weighted by molar-refractivity contribution is 9.10. The number of rotatable bonds is 3. The number of hydroxylamine groups is 2. The molecule has 5 nitrogen and oxygen atoms in total. The minimum Gasteiger partial charge on any atom is -0.302 e. The molecule has 29 heavy (non-hydrogen) atoms. The second-order valence-electron chi connectivity index (χ2n) is 6.39. The topological polar surface area (TPSA) is 60.9 Å². The summed E-state index contributed by atoms with van der Waals surface area (Å²) in [6.45, 7) is -0.491. The van der Waals surface area contributed by atoms with E-state index in [0.717, 1.165) is 17.0 Å². The van der Waals surface area contributed by atoms with Crippen LogP contribution in [0.4, 0.5) is 8.78 Å². The molecule has 2 aromatic carbocycles. The van der Waals surface area contributed by atoms with Crippen LogP contribution in [-0.4, -0.2) is 33.5 Å². The molecule has 1 aliphatic rings. The number of hydrogen-bond donors (Lipinski definition) is 1. The summed E-state index contributed by atoms with van der Waals surface area (Å²) in [6, 6.07) is 12.4. The predicted molar refractivity (Wildman–Crippen MR) is 106 cm³/mol. The summed E-state index contributed by atoms with van der Waals surface area (Å²) in [4.78, 5) is 26.4. The number of carbonyl (C=O) groups is 2. The number of thiophene rings is 1. The van der Waals surface area contributed by atoms with Crippen molar-refractivity contribution < 1.29 is 23.6 Å². The molecule has 1 aliphatic heterocycles. The quantitative estimate of drug-likeness (QED) is 0.548. The van der Waals surface area contributed by atoms with E-state index in [0.29, 0.717) is 20.0 Å². The molecule has 1 unspecified atom stereocenters. The molecule has 148 valence electrons. The Balaban J connectivity index is 1.73. The van der Waals surface area contributed by atoms with Crippen molar-refractivity contribution in [3.05, 3.63) is 80.5 Å². The van der Waals surface area contributed by atoms with Crippen molar-refractivity contribution in [2.45, 2.75) is 6.17 Å². The fourth-order valence-electron chi connectivity index (χ4n) is 3.21. The molecular weight excluding hydrogens is 466 g/mol. The Morgan fingerprint density at radius 3 is 2.34 bits per heavy atom. The SMILES string of the molecule is O=C1CN(C(=O)c2c(F)cc(-c3ccccc3)cc2F)C(c2cc(Br)cs2)N1O. The highest BCUT2D eigenvalue weighted by Crippen LogP contribution is 2.36. The second kappa shape index (κ2) is 7.66. The van der Waals surface area contributed by atoms with E-state index in [-0.39, 0.29) is 5.56 Å². The summed E-state index contributed by atoms with van der Waals surface area (Å²) in [7, 11) is 0. The van der Waals surface area contributed by atoms with E-state index in [9.17, 15) is 23.6 Å². The first kappa shape index (κ1) is 19.7. The third-order valence-corrected chi connectivity index (χ3v) is 6.29. The highest BCUT2D eigenvalue weighted by atomic mass is 79.9. The number of halogens is 3. The van der Waals surface area contributed by atoms with Crippen molar-refractivity contribution >= 4 is 39.1 Å². The van der Waals surface area contributed by atoms with Gasteiger partial charge < -0.3 is 4.90 Å². The smallest absolute Gasteiger partial charge is 0.268 e. The van der Waals surface area contributed by atoms with Crippen molar-refractivity contribution in [1.29, 1.82) is 0 Å². The fourth-order valence-corrected chi connectivity index (χ4v) is 4.75. The van der Waals surface area contributed by atoms with Crippen molar-refractivity contribution in [2.24, 2.45) is 0 Å². The van der Waals surface area contributed by atoms with E-state index < -0.39 is 41.7 Å². The third kappa shape index (κ3) is 3.57. The number of amides is 2. The van der Waals surface area contributed by atoms with Gasteiger partial charge in [-0.2, -0.15) is 5.06 Å². The molecule has 1 aromatic heterocycles. The summed E-state index contributed by atoms with van der Waals surface area (Å²) < 4.78 is 30.2. The Labute approximate surface area is 176 Å². The van der Waals surface area contributed by atoms with E-state index >= 15 is 0 Å². The molecule has 4 rings (SSSR count). The molecule has 1 saturated heterocycles. The predicted octanol–water partition coefficient (Wildman–Crippen LogP) is 4.83. The number of carbonyl (C=O) groups excluding carboxylic acids is 2. The molecule has 0 saturated carbocycles. The first-order chi connectivity index (χ1) is 13.9. The summed E-state index contributed by atoms with van der Waals surface area (Å²) in [5, 5.41) is 12.2. The first-order valence-corrected chi connectivity index (χ1v) is 10.1. The van der Waals surface area contributed by atoms with Crippen LogP contribution in [0, 0.1) is 11.6 Å². The molecule has 1 N–H and O–H groups in total. The van der Waals surface area contributed by atoms with Crippen LogP contribution in [0.3, 0.4) is 0 Å². The lowest BCUT2D eigenvalue weighted by Crippen LogP contribution is -2.34. The normalized spacial score (nSPS) is 16.6. The van der Waals surface area contributed by atoms with Gasteiger partial charge in [0.15, 0.2) is 6.17 Å². The van der Waals surface area contributed by atoms with Crippen molar-refractivity contribution in [3.63, 3.8) is 0 Å². The maximum atomic E-state index is 14.8. The van der Waals surface area contributed by atoms with Gasteiger partial charge in [-0.25, -0.2) is 8.78 Å². The highest BCUT2D eigenvalue weighted by Gasteiger charge is 2.43. The van der Waals surface area contributed by atoms with Gasteiger partial charge in [-0.1, -0.05) is 30.3 Å². The summed E-state index contributed by atoms with van der Waals surface area (Å²) in [5.74, 6) is -3.83. The summed E-state index contributed by atoms with van der Waals surface area (Å²) in [6.07, 6.45) is -1.15. The van der Waals surface area contributed by atoms with Gasteiger partial charge in [-0.3, -0.25) is 14.8 Å². The largest absolute Gasteiger partial charge is 0.302 e. The molecule has 1 atom stereocenters. The van der Waals surface area contributed by atoms with Crippen molar-refractivity contribution in [2.75, 3.05) is 6.54 Å². The number of benzene rings is 2. The van der Waals surface area contributed by atoms with E-state index in [1.54, 1.807) is 41.8 Å². The average molecular weight is 479 g/mol. The lowest BCUT2D eigenvalue weighted by atomic mass is 10.0. The Hall–Kier alpha value is -2.62. The lowest BCUT2D eigenvalue weighted by Gasteiger charge is -2.25. The minimum absolute atomic E-state index is 0.289. The fraction of sp³-hybridized carbons (Fsp3) is 0.100. The van der Waals surface area contributed by atoms with Crippen LogP contribution in [0.2, 0.25) is 0 Å². The van der Waals surface area contributed by atoms with Gasteiger partial charge in [-0.15, -0.1) is 11.3 Å². The molecule has 1 fully saturated rings. The van der Waals surface area contributed by atoms with Gasteiger partial charge in [0.1, 0.15) is 23.7 Å². The lowest BCUT2D eigenvalue weighted by molar-refractivity contribution is -0.168. The average Bonchev–Trinajstić information content (AvgIpc) is 3.25. The van der Waals surface area contributed by atoms with Gasteiger partial charge >= 0.3 is 0 Å². The molecule has 3 aromatic rings. The zero-order valence-corrected chi connectivity index (χ0v) is 17.1. The number of nitrogens with zero attached hydrogens (tertiary/aromatic N) is 2. The molecule has 0 spiro atoms. The Morgan fingerprint density at radius 2 is 1.76 bits per heavy atom. The maximum absolute atomic E-state index is 14.8. The Kier molecular flexibility index (Phi) is 5.20. The molecule has 2 amide bonds. The molecular formula is C20H13BrF2N2O3S. The molecule has 0 aliphatic carbocycles. The summed E-state index contributed by atoms with van der Waals surface area (Å²) >= 11 is 4.47. The van der Waals surface area contributed by atoms with Gasteiger partial charge in [0.25, 0.3) is 11.8 Å². The van der Waals surface area contributed by atoms with E-state index in [1.165, 1.54) is 11.3 Å². The summed E-state index contributed by atoms with van der Waals surface area (Å²) in [5.41, 5.74) is 0.120. The van der Waals surface area contributed by atoms with Crippen LogP contribution in [0.5, 0.6) is 0 Å². The van der Waals surface area contributed by atoms with Gasteiger partial charge in [-0.05, 0) is 45.3 Å². The first-order valence-electron chi connectivity index (χ1n) is 8.47. The van der Waals surface area contributed by atoms with Crippen molar-refractivity contribution in [1.82, 2.24) is 9.96 Å². The van der Waals surface area contributed by atoms with E-state index in [2.05, 4.69) is 15.9 Å².